The van der Waals surface area contributed by atoms with Crippen molar-refractivity contribution in [3.05, 3.63) is 46.8 Å². The molecule has 0 saturated carbocycles. The number of ether oxygens (including phenoxy) is 1. The highest BCUT2D eigenvalue weighted by Crippen LogP contribution is 2.25. The molecule has 2 aromatic rings. The van der Waals surface area contributed by atoms with Crippen LogP contribution in [0.25, 0.3) is 0 Å². The summed E-state index contributed by atoms with van der Waals surface area (Å²) in [5, 5.41) is 7.99. The third-order valence-electron chi connectivity index (χ3n) is 3.80. The van der Waals surface area contributed by atoms with Gasteiger partial charge in [-0.15, -0.1) is 0 Å². The van der Waals surface area contributed by atoms with E-state index in [4.69, 9.17) is 4.74 Å². The van der Waals surface area contributed by atoms with Crippen LogP contribution in [0.1, 0.15) is 35.5 Å². The lowest BCUT2D eigenvalue weighted by Gasteiger charge is -2.19. The SMILES string of the molecule is CCNC(Cc1cc(C)nn1C)c1ccc(C)c(OC)c1. The van der Waals surface area contributed by atoms with Crippen molar-refractivity contribution >= 4 is 0 Å². The molecule has 114 valence electrons. The zero-order valence-corrected chi connectivity index (χ0v) is 13.6. The van der Waals surface area contributed by atoms with E-state index < -0.39 is 0 Å². The van der Waals surface area contributed by atoms with Crippen LogP contribution in [0, 0.1) is 13.8 Å². The molecule has 0 aliphatic carbocycles. The first-order chi connectivity index (χ1) is 10.0. The standard InChI is InChI=1S/C17H25N3O/c1-6-18-16(11-15-9-13(3)19-20(15)4)14-8-7-12(2)17(10-14)21-5/h7-10,16,18H,6,11H2,1-5H3. The third-order valence-corrected chi connectivity index (χ3v) is 3.80. The smallest absolute Gasteiger partial charge is 0.122 e. The molecule has 1 heterocycles. The van der Waals surface area contributed by atoms with Crippen molar-refractivity contribution in [2.75, 3.05) is 13.7 Å². The van der Waals surface area contributed by atoms with Gasteiger partial charge in [0.05, 0.1) is 12.8 Å². The van der Waals surface area contributed by atoms with Crippen molar-refractivity contribution in [1.29, 1.82) is 0 Å². The lowest BCUT2D eigenvalue weighted by Crippen LogP contribution is -2.24. The van der Waals surface area contributed by atoms with E-state index in [-0.39, 0.29) is 6.04 Å². The van der Waals surface area contributed by atoms with Crippen LogP contribution in [0.5, 0.6) is 5.75 Å². The number of aromatic nitrogens is 2. The van der Waals surface area contributed by atoms with Crippen molar-refractivity contribution in [1.82, 2.24) is 15.1 Å². The van der Waals surface area contributed by atoms with E-state index in [1.165, 1.54) is 11.3 Å². The minimum Gasteiger partial charge on any atom is -0.496 e. The minimum absolute atomic E-state index is 0.263. The van der Waals surface area contributed by atoms with E-state index in [2.05, 4.69) is 48.5 Å². The second-order valence-corrected chi connectivity index (χ2v) is 5.44. The molecule has 0 spiro atoms. The molecule has 4 heteroatoms. The van der Waals surface area contributed by atoms with Gasteiger partial charge in [-0.3, -0.25) is 4.68 Å². The van der Waals surface area contributed by atoms with Crippen molar-refractivity contribution < 1.29 is 4.74 Å². The molecule has 1 N–H and O–H groups in total. The van der Waals surface area contributed by atoms with E-state index in [0.717, 1.165) is 30.0 Å². The average Bonchev–Trinajstić information content (AvgIpc) is 2.77. The molecule has 0 saturated heterocycles. The highest BCUT2D eigenvalue weighted by atomic mass is 16.5. The molecule has 0 bridgehead atoms. The summed E-state index contributed by atoms with van der Waals surface area (Å²) in [7, 11) is 3.72. The summed E-state index contributed by atoms with van der Waals surface area (Å²) in [5.74, 6) is 0.941. The molecule has 0 amide bonds. The van der Waals surface area contributed by atoms with Gasteiger partial charge in [-0.1, -0.05) is 19.1 Å². The summed E-state index contributed by atoms with van der Waals surface area (Å²) in [6.45, 7) is 7.15. The maximum absolute atomic E-state index is 5.45. The molecule has 0 aliphatic rings. The number of likely N-dealkylation sites (N-methyl/N-ethyl adjacent to an activating group) is 1. The quantitative estimate of drug-likeness (QED) is 0.888. The van der Waals surface area contributed by atoms with Gasteiger partial charge >= 0.3 is 0 Å². The lowest BCUT2D eigenvalue weighted by molar-refractivity contribution is 0.409. The molecule has 1 atom stereocenters. The van der Waals surface area contributed by atoms with Crippen molar-refractivity contribution in [2.24, 2.45) is 7.05 Å². The van der Waals surface area contributed by atoms with Gasteiger partial charge in [-0.25, -0.2) is 0 Å². The van der Waals surface area contributed by atoms with Gasteiger partial charge in [0.2, 0.25) is 0 Å². The Kier molecular flexibility index (Phi) is 5.02. The monoisotopic (exact) mass is 287 g/mol. The molecule has 4 nitrogen and oxygen atoms in total. The Morgan fingerprint density at radius 2 is 2.05 bits per heavy atom. The van der Waals surface area contributed by atoms with Gasteiger partial charge in [0.25, 0.3) is 0 Å². The van der Waals surface area contributed by atoms with Crippen LogP contribution in [0.3, 0.4) is 0 Å². The maximum Gasteiger partial charge on any atom is 0.122 e. The number of hydrogen-bond acceptors (Lipinski definition) is 3. The van der Waals surface area contributed by atoms with Crippen LogP contribution in [0.4, 0.5) is 0 Å². The third kappa shape index (κ3) is 3.64. The highest BCUT2D eigenvalue weighted by molar-refractivity contribution is 5.38. The summed E-state index contributed by atoms with van der Waals surface area (Å²) in [6.07, 6.45) is 0.914. The van der Waals surface area contributed by atoms with Crippen LogP contribution >= 0.6 is 0 Å². The van der Waals surface area contributed by atoms with E-state index in [9.17, 15) is 0 Å². The summed E-state index contributed by atoms with van der Waals surface area (Å²) >= 11 is 0. The van der Waals surface area contributed by atoms with E-state index in [0.29, 0.717) is 0 Å². The molecule has 0 aliphatic heterocycles. The normalized spacial score (nSPS) is 12.4. The van der Waals surface area contributed by atoms with E-state index in [1.807, 2.05) is 18.7 Å². The Morgan fingerprint density at radius 1 is 1.29 bits per heavy atom. The fraction of sp³-hybridized carbons (Fsp3) is 0.471. The molecule has 2 rings (SSSR count). The Morgan fingerprint density at radius 3 is 2.62 bits per heavy atom. The summed E-state index contributed by atoms with van der Waals surface area (Å²) in [4.78, 5) is 0. The van der Waals surface area contributed by atoms with Gasteiger partial charge in [0.15, 0.2) is 0 Å². The van der Waals surface area contributed by atoms with Crippen molar-refractivity contribution in [3.8, 4) is 5.75 Å². The molecule has 1 unspecified atom stereocenters. The number of hydrogen-bond donors (Lipinski definition) is 1. The van der Waals surface area contributed by atoms with Crippen LogP contribution in [0.15, 0.2) is 24.3 Å². The van der Waals surface area contributed by atoms with Gasteiger partial charge in [-0.2, -0.15) is 5.10 Å². The van der Waals surface area contributed by atoms with E-state index in [1.54, 1.807) is 7.11 Å². The zero-order valence-electron chi connectivity index (χ0n) is 13.6. The van der Waals surface area contributed by atoms with Crippen LogP contribution in [-0.4, -0.2) is 23.4 Å². The summed E-state index contributed by atoms with van der Waals surface area (Å²) < 4.78 is 7.41. The Bertz CT molecular complexity index is 604. The molecule has 1 aromatic heterocycles. The Labute approximate surface area is 127 Å². The second kappa shape index (κ2) is 6.76. The van der Waals surface area contributed by atoms with Crippen LogP contribution in [0.2, 0.25) is 0 Å². The fourth-order valence-corrected chi connectivity index (χ4v) is 2.67. The van der Waals surface area contributed by atoms with Gasteiger partial charge in [0.1, 0.15) is 5.75 Å². The zero-order chi connectivity index (χ0) is 15.4. The number of rotatable bonds is 6. The highest BCUT2D eigenvalue weighted by Gasteiger charge is 2.15. The number of methoxy groups -OCH3 is 1. The van der Waals surface area contributed by atoms with Gasteiger partial charge < -0.3 is 10.1 Å². The lowest BCUT2D eigenvalue weighted by atomic mass is 10.00. The molecular weight excluding hydrogens is 262 g/mol. The maximum atomic E-state index is 5.45. The Hall–Kier alpha value is -1.81. The number of nitrogens with zero attached hydrogens (tertiary/aromatic N) is 2. The largest absolute Gasteiger partial charge is 0.496 e. The fourth-order valence-electron chi connectivity index (χ4n) is 2.67. The molecule has 0 radical (unpaired) electrons. The van der Waals surface area contributed by atoms with Crippen molar-refractivity contribution in [2.45, 2.75) is 33.2 Å². The molecule has 21 heavy (non-hydrogen) atoms. The summed E-state index contributed by atoms with van der Waals surface area (Å²) in [6, 6.07) is 8.84. The van der Waals surface area contributed by atoms with Crippen LogP contribution in [-0.2, 0) is 13.5 Å². The molecule has 0 fully saturated rings. The number of aryl methyl sites for hydroxylation is 3. The first kappa shape index (κ1) is 15.6. The average molecular weight is 287 g/mol. The first-order valence-corrected chi connectivity index (χ1v) is 7.42. The summed E-state index contributed by atoms with van der Waals surface area (Å²) in [5.41, 5.74) is 4.70. The topological polar surface area (TPSA) is 39.1 Å². The second-order valence-electron chi connectivity index (χ2n) is 5.44. The van der Waals surface area contributed by atoms with Gasteiger partial charge in [-0.05, 0) is 43.7 Å². The number of nitrogens with one attached hydrogen (secondary N) is 1. The predicted octanol–water partition coefficient (Wildman–Crippen LogP) is 2.94. The predicted molar refractivity (Wildman–Crippen MR) is 85.8 cm³/mol. The van der Waals surface area contributed by atoms with E-state index >= 15 is 0 Å². The molecule has 1 aromatic carbocycles. The number of benzene rings is 1. The molecular formula is C17H25N3O. The Balaban J connectivity index is 2.28. The van der Waals surface area contributed by atoms with Crippen LogP contribution < -0.4 is 10.1 Å². The van der Waals surface area contributed by atoms with Gasteiger partial charge in [0, 0.05) is 25.2 Å². The van der Waals surface area contributed by atoms with Crippen molar-refractivity contribution in [3.63, 3.8) is 0 Å². The first-order valence-electron chi connectivity index (χ1n) is 7.42. The minimum atomic E-state index is 0.263.